The number of ketones is 1. The summed E-state index contributed by atoms with van der Waals surface area (Å²) in [6.07, 6.45) is 2.15. The number of ether oxygens (including phenoxy) is 2. The van der Waals surface area contributed by atoms with Crippen molar-refractivity contribution in [3.05, 3.63) is 58.2 Å². The molecule has 0 saturated carbocycles. The van der Waals surface area contributed by atoms with Crippen LogP contribution in [0, 0.1) is 5.92 Å². The number of carbonyl (C=O) groups excluding carboxylic acids is 1. The number of allylic oxidation sites excluding steroid dienone is 2. The maximum absolute atomic E-state index is 13.6. The van der Waals surface area contributed by atoms with Crippen LogP contribution in [0.2, 0.25) is 0 Å². The number of hydrogen-bond acceptors (Lipinski definition) is 6. The molecule has 30 heavy (non-hydrogen) atoms. The van der Waals surface area contributed by atoms with Crippen LogP contribution in [0.4, 0.5) is 0 Å². The molecule has 0 aliphatic carbocycles. The molecule has 3 atom stereocenters. The minimum absolute atomic E-state index is 0.0412. The molecule has 0 bridgehead atoms. The van der Waals surface area contributed by atoms with E-state index < -0.39 is 18.1 Å². The molecule has 0 spiro atoms. The topological polar surface area (TPSA) is 96.2 Å². The molecular formula is C24H24O6. The van der Waals surface area contributed by atoms with Gasteiger partial charge in [0.05, 0.1) is 5.56 Å². The van der Waals surface area contributed by atoms with Crippen molar-refractivity contribution in [2.75, 3.05) is 0 Å². The van der Waals surface area contributed by atoms with Gasteiger partial charge in [0.2, 0.25) is 0 Å². The smallest absolute Gasteiger partial charge is 0.181 e. The third-order valence-electron chi connectivity index (χ3n) is 5.26. The Bertz CT molecular complexity index is 1100. The normalized spacial score (nSPS) is 21.3. The number of hydrogen-bond donors (Lipinski definition) is 3. The van der Waals surface area contributed by atoms with Gasteiger partial charge in [0.15, 0.2) is 5.78 Å². The molecule has 6 heteroatoms. The largest absolute Gasteiger partial charge is 0.508 e. The number of rotatable bonds is 2. The van der Waals surface area contributed by atoms with Gasteiger partial charge >= 0.3 is 0 Å². The van der Waals surface area contributed by atoms with Crippen molar-refractivity contribution in [2.24, 2.45) is 5.92 Å². The van der Waals surface area contributed by atoms with E-state index in [1.54, 1.807) is 12.1 Å². The van der Waals surface area contributed by atoms with Gasteiger partial charge in [0, 0.05) is 17.7 Å². The lowest BCUT2D eigenvalue weighted by Gasteiger charge is -2.41. The zero-order valence-corrected chi connectivity index (χ0v) is 17.3. The van der Waals surface area contributed by atoms with Crippen LogP contribution < -0.4 is 9.47 Å². The van der Waals surface area contributed by atoms with E-state index >= 15 is 0 Å². The molecule has 2 aromatic rings. The molecule has 6 nitrogen and oxygen atoms in total. The lowest BCUT2D eigenvalue weighted by molar-refractivity contribution is 0.0227. The summed E-state index contributed by atoms with van der Waals surface area (Å²) >= 11 is 0. The molecule has 156 valence electrons. The Morgan fingerprint density at radius 3 is 2.37 bits per heavy atom. The van der Waals surface area contributed by atoms with Crippen LogP contribution in [-0.4, -0.2) is 27.2 Å². The second-order valence-corrected chi connectivity index (χ2v) is 8.23. The number of carbonyl (C=O) groups is 1. The Morgan fingerprint density at radius 1 is 0.967 bits per heavy atom. The number of benzene rings is 2. The summed E-state index contributed by atoms with van der Waals surface area (Å²) in [5.74, 6) is -0.904. The summed E-state index contributed by atoms with van der Waals surface area (Å²) in [6, 6.07) is 6.03. The van der Waals surface area contributed by atoms with Crippen LogP contribution in [0.1, 0.15) is 55.3 Å². The highest BCUT2D eigenvalue weighted by atomic mass is 16.5. The number of Topliss-reactive ketones (excluding diaryl/α,β-unsaturated/α-hetero) is 1. The quantitative estimate of drug-likeness (QED) is 0.613. The third kappa shape index (κ3) is 3.18. The lowest BCUT2D eigenvalue weighted by Crippen LogP contribution is -2.44. The van der Waals surface area contributed by atoms with Crippen molar-refractivity contribution >= 4 is 11.9 Å². The average Bonchev–Trinajstić information content (AvgIpc) is 2.63. The highest BCUT2D eigenvalue weighted by Gasteiger charge is 2.49. The molecule has 4 rings (SSSR count). The molecule has 3 N–H and O–H groups in total. The molecule has 2 aliphatic heterocycles. The van der Waals surface area contributed by atoms with Crippen LogP contribution >= 0.6 is 0 Å². The van der Waals surface area contributed by atoms with E-state index in [9.17, 15) is 20.1 Å². The highest BCUT2D eigenvalue weighted by Crippen LogP contribution is 2.52. The minimum Gasteiger partial charge on any atom is -0.508 e. The lowest BCUT2D eigenvalue weighted by atomic mass is 9.78. The van der Waals surface area contributed by atoms with Gasteiger partial charge in [-0.05, 0) is 52.0 Å². The summed E-state index contributed by atoms with van der Waals surface area (Å²) in [7, 11) is 0. The van der Waals surface area contributed by atoms with Crippen LogP contribution in [0.15, 0.2) is 41.5 Å². The maximum Gasteiger partial charge on any atom is 0.181 e. The Kier molecular flexibility index (Phi) is 4.73. The summed E-state index contributed by atoms with van der Waals surface area (Å²) in [5.41, 5.74) is 2.67. The second kappa shape index (κ2) is 7.13. The first-order valence-corrected chi connectivity index (χ1v) is 9.76. The van der Waals surface area contributed by atoms with E-state index in [4.69, 9.17) is 9.47 Å². The molecule has 2 aliphatic rings. The van der Waals surface area contributed by atoms with Crippen LogP contribution in [0.5, 0.6) is 28.7 Å². The first kappa shape index (κ1) is 19.9. The summed E-state index contributed by atoms with van der Waals surface area (Å²) in [6.45, 7) is 7.47. The zero-order valence-electron chi connectivity index (χ0n) is 17.3. The third-order valence-corrected chi connectivity index (χ3v) is 5.26. The minimum atomic E-state index is -0.723. The molecule has 0 saturated heterocycles. The van der Waals surface area contributed by atoms with Gasteiger partial charge in [-0.2, -0.15) is 0 Å². The SMILES string of the molecule is CC(C)=Cc1c(O)cc2c(c1O)C(=O)C1C(C=C(C)C)Oc3cc(O)ccc3C1O2. The van der Waals surface area contributed by atoms with E-state index in [2.05, 4.69) is 0 Å². The van der Waals surface area contributed by atoms with Crippen LogP contribution in [0.3, 0.4) is 0 Å². The summed E-state index contributed by atoms with van der Waals surface area (Å²) < 4.78 is 12.2. The van der Waals surface area contributed by atoms with E-state index in [0.717, 1.165) is 11.1 Å². The number of phenols is 3. The molecule has 2 aromatic carbocycles. The number of aromatic hydroxyl groups is 3. The van der Waals surface area contributed by atoms with Crippen molar-refractivity contribution in [3.8, 4) is 28.7 Å². The molecular weight excluding hydrogens is 384 g/mol. The molecule has 3 unspecified atom stereocenters. The van der Waals surface area contributed by atoms with Gasteiger partial charge in [0.1, 0.15) is 52.4 Å². The Labute approximate surface area is 174 Å². The molecule has 0 aromatic heterocycles. The van der Waals surface area contributed by atoms with Crippen molar-refractivity contribution in [1.82, 2.24) is 0 Å². The van der Waals surface area contributed by atoms with Gasteiger partial charge in [-0.25, -0.2) is 0 Å². The standard InChI is InChI=1S/C24H24O6/c1-11(2)7-15-16(26)10-19-20(22(15)27)23(28)21-18(8-12(3)4)29-17-9-13(25)5-6-14(17)24(21)30-19/h5-10,18,21,24-27H,1-4H3. The first-order chi connectivity index (χ1) is 14.2. The fraction of sp³-hybridized carbons (Fsp3) is 0.292. The van der Waals surface area contributed by atoms with Gasteiger partial charge in [-0.3, -0.25) is 4.79 Å². The van der Waals surface area contributed by atoms with Gasteiger partial charge in [-0.1, -0.05) is 11.1 Å². The number of phenolic OH excluding ortho intramolecular Hbond substituents is 3. The molecule has 0 radical (unpaired) electrons. The monoisotopic (exact) mass is 408 g/mol. The van der Waals surface area contributed by atoms with Crippen molar-refractivity contribution in [1.29, 1.82) is 0 Å². The van der Waals surface area contributed by atoms with E-state index in [-0.39, 0.29) is 39.9 Å². The van der Waals surface area contributed by atoms with Gasteiger partial charge < -0.3 is 24.8 Å². The average molecular weight is 408 g/mol. The molecule has 0 fully saturated rings. The van der Waals surface area contributed by atoms with Gasteiger partial charge in [0.25, 0.3) is 0 Å². The fourth-order valence-electron chi connectivity index (χ4n) is 4.05. The zero-order chi connectivity index (χ0) is 21.7. The Morgan fingerprint density at radius 2 is 1.70 bits per heavy atom. The first-order valence-electron chi connectivity index (χ1n) is 9.76. The van der Waals surface area contributed by atoms with E-state index in [1.165, 1.54) is 18.2 Å². The summed E-state index contributed by atoms with van der Waals surface area (Å²) in [4.78, 5) is 13.6. The second-order valence-electron chi connectivity index (χ2n) is 8.23. The van der Waals surface area contributed by atoms with Crippen molar-refractivity contribution < 1.29 is 29.6 Å². The van der Waals surface area contributed by atoms with Crippen molar-refractivity contribution in [2.45, 2.75) is 39.9 Å². The number of fused-ring (bicyclic) bond motifs is 4. The van der Waals surface area contributed by atoms with E-state index in [1.807, 2.05) is 33.8 Å². The summed E-state index contributed by atoms with van der Waals surface area (Å²) in [5, 5.41) is 31.1. The Balaban J connectivity index is 1.92. The highest BCUT2D eigenvalue weighted by molar-refractivity contribution is 6.06. The van der Waals surface area contributed by atoms with Crippen LogP contribution in [0.25, 0.3) is 6.08 Å². The predicted molar refractivity (Wildman–Crippen MR) is 112 cm³/mol. The van der Waals surface area contributed by atoms with E-state index in [0.29, 0.717) is 11.3 Å². The predicted octanol–water partition coefficient (Wildman–Crippen LogP) is 4.89. The molecule has 2 heterocycles. The molecule has 0 amide bonds. The fourth-order valence-corrected chi connectivity index (χ4v) is 4.05. The Hall–Kier alpha value is -3.41. The van der Waals surface area contributed by atoms with Crippen molar-refractivity contribution in [3.63, 3.8) is 0 Å². The van der Waals surface area contributed by atoms with Crippen LogP contribution in [-0.2, 0) is 0 Å². The van der Waals surface area contributed by atoms with Gasteiger partial charge in [-0.15, -0.1) is 0 Å². The maximum atomic E-state index is 13.6.